The molecule has 0 bridgehead atoms. The molecule has 1 heterocycles. The highest BCUT2D eigenvalue weighted by Gasteiger charge is 2.38. The lowest BCUT2D eigenvalue weighted by atomic mass is 9.76. The van der Waals surface area contributed by atoms with Crippen molar-refractivity contribution in [1.82, 2.24) is 4.90 Å². The molecule has 1 saturated heterocycles. The van der Waals surface area contributed by atoms with Gasteiger partial charge in [-0.3, -0.25) is 0 Å². The van der Waals surface area contributed by atoms with E-state index >= 15 is 0 Å². The lowest BCUT2D eigenvalue weighted by molar-refractivity contribution is -0.116. The molecule has 0 N–H and O–H groups in total. The van der Waals surface area contributed by atoms with E-state index < -0.39 is 0 Å². The molecule has 0 aromatic carbocycles. The van der Waals surface area contributed by atoms with Crippen LogP contribution in [0.15, 0.2) is 0 Å². The molecule has 0 aliphatic carbocycles. The molecule has 1 rings (SSSR count). The van der Waals surface area contributed by atoms with Crippen LogP contribution >= 0.6 is 0 Å². The van der Waals surface area contributed by atoms with Crippen LogP contribution in [0.3, 0.4) is 0 Å². The van der Waals surface area contributed by atoms with Gasteiger partial charge in [0.2, 0.25) is 0 Å². The zero-order valence-electron chi connectivity index (χ0n) is 9.21. The second-order valence-electron chi connectivity index (χ2n) is 4.71. The average molecular weight is 183 g/mol. The number of rotatable bonds is 2. The fourth-order valence-corrected chi connectivity index (χ4v) is 2.25. The fourth-order valence-electron chi connectivity index (χ4n) is 2.25. The predicted molar refractivity (Wildman–Crippen MR) is 54.7 cm³/mol. The Morgan fingerprint density at radius 1 is 1.62 bits per heavy atom. The second kappa shape index (κ2) is 3.79. The molecular weight excluding hydrogens is 162 g/mol. The summed E-state index contributed by atoms with van der Waals surface area (Å²) in [5, 5.41) is 0. The molecule has 3 unspecified atom stereocenters. The Labute approximate surface area is 81.3 Å². The molecule has 0 spiro atoms. The number of hydrogen-bond donors (Lipinski definition) is 0. The van der Waals surface area contributed by atoms with E-state index in [1.165, 1.54) is 0 Å². The molecular formula is C11H21NO. The third-order valence-electron chi connectivity index (χ3n) is 3.83. The number of carbonyl (C=O) groups excluding carboxylic acids is 1. The first-order chi connectivity index (χ1) is 6.03. The Kier molecular flexibility index (Phi) is 3.12. The molecule has 2 nitrogen and oxygen atoms in total. The highest BCUT2D eigenvalue weighted by molar-refractivity contribution is 5.54. The molecule has 0 aromatic heterocycles. The Hall–Kier alpha value is -0.370. The van der Waals surface area contributed by atoms with Gasteiger partial charge in [0.1, 0.15) is 6.29 Å². The standard InChI is InChI=1S/C11H21NO/c1-5-11(3)6-10(8-13)9(2)7-12(11)4/h8-10H,5-7H2,1-4H3. The van der Waals surface area contributed by atoms with Gasteiger partial charge in [-0.25, -0.2) is 0 Å². The van der Waals surface area contributed by atoms with E-state index in [1.807, 2.05) is 0 Å². The van der Waals surface area contributed by atoms with Crippen molar-refractivity contribution in [3.63, 3.8) is 0 Å². The van der Waals surface area contributed by atoms with Crippen LogP contribution in [0.5, 0.6) is 0 Å². The topological polar surface area (TPSA) is 20.3 Å². The number of carbonyl (C=O) groups is 1. The first-order valence-corrected chi connectivity index (χ1v) is 5.20. The Balaban J connectivity index is 2.74. The molecule has 1 fully saturated rings. The third kappa shape index (κ3) is 1.93. The van der Waals surface area contributed by atoms with Crippen molar-refractivity contribution in [1.29, 1.82) is 0 Å². The normalized spacial score (nSPS) is 41.8. The van der Waals surface area contributed by atoms with Gasteiger partial charge in [-0.05, 0) is 32.7 Å². The maximum Gasteiger partial charge on any atom is 0.123 e. The van der Waals surface area contributed by atoms with Crippen molar-refractivity contribution in [3.05, 3.63) is 0 Å². The van der Waals surface area contributed by atoms with E-state index in [4.69, 9.17) is 0 Å². The van der Waals surface area contributed by atoms with Gasteiger partial charge in [-0.1, -0.05) is 13.8 Å². The van der Waals surface area contributed by atoms with Crippen molar-refractivity contribution in [2.75, 3.05) is 13.6 Å². The van der Waals surface area contributed by atoms with Crippen LogP contribution < -0.4 is 0 Å². The van der Waals surface area contributed by atoms with Gasteiger partial charge in [0, 0.05) is 18.0 Å². The Morgan fingerprint density at radius 2 is 2.23 bits per heavy atom. The number of likely N-dealkylation sites (tertiary alicyclic amines) is 1. The molecule has 3 atom stereocenters. The van der Waals surface area contributed by atoms with Crippen molar-refractivity contribution >= 4 is 6.29 Å². The van der Waals surface area contributed by atoms with Gasteiger partial charge < -0.3 is 9.69 Å². The molecule has 2 heteroatoms. The molecule has 76 valence electrons. The number of aldehydes is 1. The van der Waals surface area contributed by atoms with Crippen LogP contribution in [0.1, 0.15) is 33.6 Å². The summed E-state index contributed by atoms with van der Waals surface area (Å²) in [7, 11) is 2.17. The molecule has 13 heavy (non-hydrogen) atoms. The summed E-state index contributed by atoms with van der Waals surface area (Å²) < 4.78 is 0. The molecule has 0 aromatic rings. The highest BCUT2D eigenvalue weighted by Crippen LogP contribution is 2.34. The van der Waals surface area contributed by atoms with E-state index in [0.29, 0.717) is 5.92 Å². The summed E-state index contributed by atoms with van der Waals surface area (Å²) in [5.41, 5.74) is 0.234. The summed E-state index contributed by atoms with van der Waals surface area (Å²) in [4.78, 5) is 13.3. The summed E-state index contributed by atoms with van der Waals surface area (Å²) >= 11 is 0. The first kappa shape index (κ1) is 10.7. The molecule has 0 saturated carbocycles. The van der Waals surface area contributed by atoms with Crippen molar-refractivity contribution in [2.45, 2.75) is 39.2 Å². The van der Waals surface area contributed by atoms with Gasteiger partial charge in [-0.15, -0.1) is 0 Å². The second-order valence-corrected chi connectivity index (χ2v) is 4.71. The minimum absolute atomic E-state index is 0.234. The summed E-state index contributed by atoms with van der Waals surface area (Å²) in [6.45, 7) is 7.68. The number of nitrogens with zero attached hydrogens (tertiary/aromatic N) is 1. The van der Waals surface area contributed by atoms with Crippen molar-refractivity contribution in [2.24, 2.45) is 11.8 Å². The van der Waals surface area contributed by atoms with E-state index in [0.717, 1.165) is 25.7 Å². The van der Waals surface area contributed by atoms with Gasteiger partial charge >= 0.3 is 0 Å². The number of piperidine rings is 1. The van der Waals surface area contributed by atoms with E-state index in [-0.39, 0.29) is 11.5 Å². The molecule has 1 aliphatic heterocycles. The smallest absolute Gasteiger partial charge is 0.123 e. The highest BCUT2D eigenvalue weighted by atomic mass is 16.1. The van der Waals surface area contributed by atoms with Gasteiger partial charge in [0.05, 0.1) is 0 Å². The van der Waals surface area contributed by atoms with E-state index in [1.54, 1.807) is 0 Å². The molecule has 1 aliphatic rings. The van der Waals surface area contributed by atoms with Crippen LogP contribution in [0.25, 0.3) is 0 Å². The minimum Gasteiger partial charge on any atom is -0.303 e. The minimum atomic E-state index is 0.234. The van der Waals surface area contributed by atoms with Crippen LogP contribution in [0.2, 0.25) is 0 Å². The van der Waals surface area contributed by atoms with Crippen molar-refractivity contribution in [3.8, 4) is 0 Å². The van der Waals surface area contributed by atoms with E-state index in [9.17, 15) is 4.79 Å². The number of hydrogen-bond acceptors (Lipinski definition) is 2. The van der Waals surface area contributed by atoms with Crippen LogP contribution in [-0.2, 0) is 4.79 Å². The zero-order valence-corrected chi connectivity index (χ0v) is 9.21. The third-order valence-corrected chi connectivity index (χ3v) is 3.83. The Bertz CT molecular complexity index is 193. The molecule has 0 amide bonds. The summed E-state index contributed by atoms with van der Waals surface area (Å²) in [6, 6.07) is 0. The maximum absolute atomic E-state index is 10.9. The van der Waals surface area contributed by atoms with Gasteiger partial charge in [0.25, 0.3) is 0 Å². The Morgan fingerprint density at radius 3 is 2.69 bits per heavy atom. The lowest BCUT2D eigenvalue weighted by Crippen LogP contribution is -2.52. The van der Waals surface area contributed by atoms with E-state index in [2.05, 4.69) is 32.7 Å². The fraction of sp³-hybridized carbons (Fsp3) is 0.909. The quantitative estimate of drug-likeness (QED) is 0.610. The monoisotopic (exact) mass is 183 g/mol. The lowest BCUT2D eigenvalue weighted by Gasteiger charge is -2.47. The maximum atomic E-state index is 10.9. The van der Waals surface area contributed by atoms with Gasteiger partial charge in [-0.2, -0.15) is 0 Å². The van der Waals surface area contributed by atoms with Crippen LogP contribution in [0.4, 0.5) is 0 Å². The van der Waals surface area contributed by atoms with Crippen molar-refractivity contribution < 1.29 is 4.79 Å². The SMILES string of the molecule is CCC1(C)CC(C=O)C(C)CN1C. The average Bonchev–Trinajstić information content (AvgIpc) is 2.11. The summed E-state index contributed by atoms with van der Waals surface area (Å²) in [5.74, 6) is 0.781. The summed E-state index contributed by atoms with van der Waals surface area (Å²) in [6.07, 6.45) is 3.29. The van der Waals surface area contributed by atoms with Gasteiger partial charge in [0.15, 0.2) is 0 Å². The first-order valence-electron chi connectivity index (χ1n) is 5.20. The largest absolute Gasteiger partial charge is 0.303 e. The van der Waals surface area contributed by atoms with Crippen LogP contribution in [-0.4, -0.2) is 30.3 Å². The van der Waals surface area contributed by atoms with Crippen LogP contribution in [0, 0.1) is 11.8 Å². The zero-order chi connectivity index (χ0) is 10.1. The molecule has 0 radical (unpaired) electrons. The predicted octanol–water partition coefficient (Wildman–Crippen LogP) is 1.94.